The molecule has 0 radical (unpaired) electrons. The van der Waals surface area contributed by atoms with Gasteiger partial charge in [-0.2, -0.15) is 0 Å². The van der Waals surface area contributed by atoms with E-state index in [-0.39, 0.29) is 12.2 Å². The van der Waals surface area contributed by atoms with E-state index in [1.165, 1.54) is 37.7 Å². The lowest BCUT2D eigenvalue weighted by molar-refractivity contribution is 0.0135. The van der Waals surface area contributed by atoms with Gasteiger partial charge in [-0.25, -0.2) is 0 Å². The van der Waals surface area contributed by atoms with E-state index in [0.717, 1.165) is 39.1 Å². The zero-order valence-electron chi connectivity index (χ0n) is 16.7. The Balaban J connectivity index is 0.000000122. The summed E-state index contributed by atoms with van der Waals surface area (Å²) in [6.45, 7) is 2.72. The van der Waals surface area contributed by atoms with Crippen molar-refractivity contribution in [2.75, 3.05) is 13.2 Å². The SMILES string of the molecule is C1CCOC1.OC1CCCC2OC12.c1ccc(COC2CCCC3OC23)cc1. The van der Waals surface area contributed by atoms with Crippen molar-refractivity contribution in [2.24, 2.45) is 0 Å². The van der Waals surface area contributed by atoms with Crippen LogP contribution in [0.25, 0.3) is 0 Å². The maximum absolute atomic E-state index is 9.09. The molecule has 28 heavy (non-hydrogen) atoms. The molecule has 0 amide bonds. The zero-order chi connectivity index (χ0) is 19.2. The van der Waals surface area contributed by atoms with Gasteiger partial charge >= 0.3 is 0 Å². The zero-order valence-corrected chi connectivity index (χ0v) is 16.7. The molecule has 1 N–H and O–H groups in total. The van der Waals surface area contributed by atoms with Crippen LogP contribution in [0.4, 0.5) is 0 Å². The van der Waals surface area contributed by atoms with Crippen LogP contribution in [0.5, 0.6) is 0 Å². The molecule has 156 valence electrons. The van der Waals surface area contributed by atoms with Gasteiger partial charge in [0, 0.05) is 13.2 Å². The summed E-state index contributed by atoms with van der Waals surface area (Å²) in [6, 6.07) is 10.3. The number of aliphatic hydroxyl groups excluding tert-OH is 1. The first kappa shape index (κ1) is 20.3. The summed E-state index contributed by atoms with van der Waals surface area (Å²) in [5.74, 6) is 0. The Kier molecular flexibility index (Phi) is 7.37. The molecule has 0 bridgehead atoms. The minimum atomic E-state index is -0.145. The molecular formula is C23H34O5. The van der Waals surface area contributed by atoms with Crippen LogP contribution in [-0.2, 0) is 25.6 Å². The lowest BCUT2D eigenvalue weighted by Gasteiger charge is -2.18. The molecule has 2 saturated carbocycles. The van der Waals surface area contributed by atoms with Gasteiger partial charge in [0.1, 0.15) is 12.2 Å². The quantitative estimate of drug-likeness (QED) is 0.799. The van der Waals surface area contributed by atoms with Crippen molar-refractivity contribution in [1.29, 1.82) is 0 Å². The topological polar surface area (TPSA) is 63.8 Å². The standard InChI is InChI=1S/C13H16O2.C6H10O2.C4H8O/c1-2-5-10(6-3-1)9-14-11-7-4-8-12-13(11)15-12;7-4-2-1-3-5-6(4)8-5;1-2-4-5-3-1/h1-3,5-6,11-13H,4,7-9H2;4-7H,1-3H2;1-4H2. The first-order chi connectivity index (χ1) is 13.8. The van der Waals surface area contributed by atoms with Gasteiger partial charge in [0.2, 0.25) is 0 Å². The third kappa shape index (κ3) is 6.01. The van der Waals surface area contributed by atoms with Crippen LogP contribution < -0.4 is 0 Å². The molecule has 5 aliphatic rings. The molecule has 2 aliphatic carbocycles. The lowest BCUT2D eigenvalue weighted by atomic mass is 9.98. The van der Waals surface area contributed by atoms with Gasteiger partial charge in [0.05, 0.1) is 31.0 Å². The number of hydrogen-bond donors (Lipinski definition) is 1. The molecule has 5 heteroatoms. The molecule has 6 rings (SSSR count). The normalized spacial score (nSPS) is 37.3. The molecule has 5 nitrogen and oxygen atoms in total. The fourth-order valence-electron chi connectivity index (χ4n) is 4.29. The van der Waals surface area contributed by atoms with E-state index in [9.17, 15) is 0 Å². The average molecular weight is 391 g/mol. The molecule has 3 heterocycles. The molecule has 6 atom stereocenters. The summed E-state index contributed by atoms with van der Waals surface area (Å²) < 4.78 is 21.5. The Morgan fingerprint density at radius 2 is 1.50 bits per heavy atom. The second-order valence-electron chi connectivity index (χ2n) is 8.36. The van der Waals surface area contributed by atoms with Crippen molar-refractivity contribution in [1.82, 2.24) is 0 Å². The molecule has 5 fully saturated rings. The van der Waals surface area contributed by atoms with Crippen LogP contribution >= 0.6 is 0 Å². The van der Waals surface area contributed by atoms with Gasteiger partial charge in [0.25, 0.3) is 0 Å². The fraction of sp³-hybridized carbons (Fsp3) is 0.739. The van der Waals surface area contributed by atoms with E-state index in [0.29, 0.717) is 24.4 Å². The Bertz CT molecular complexity index is 568. The third-order valence-corrected chi connectivity index (χ3v) is 6.09. The van der Waals surface area contributed by atoms with Crippen molar-refractivity contribution in [2.45, 2.75) is 94.6 Å². The smallest absolute Gasteiger partial charge is 0.110 e. The van der Waals surface area contributed by atoms with Crippen molar-refractivity contribution in [3.8, 4) is 0 Å². The summed E-state index contributed by atoms with van der Waals surface area (Å²) in [6.07, 6.45) is 11.2. The van der Waals surface area contributed by atoms with E-state index in [1.807, 2.05) is 6.07 Å². The van der Waals surface area contributed by atoms with Crippen LogP contribution in [0, 0.1) is 0 Å². The van der Waals surface area contributed by atoms with Crippen molar-refractivity contribution >= 4 is 0 Å². The molecule has 3 saturated heterocycles. The Morgan fingerprint density at radius 1 is 0.821 bits per heavy atom. The summed E-state index contributed by atoms with van der Waals surface area (Å²) in [5, 5.41) is 9.09. The van der Waals surface area contributed by atoms with E-state index in [4.69, 9.17) is 24.1 Å². The highest BCUT2D eigenvalue weighted by atomic mass is 16.6. The van der Waals surface area contributed by atoms with Crippen molar-refractivity contribution < 1.29 is 24.1 Å². The van der Waals surface area contributed by atoms with Gasteiger partial charge in [-0.05, 0) is 56.9 Å². The molecule has 6 unspecified atom stereocenters. The van der Waals surface area contributed by atoms with E-state index in [1.54, 1.807) is 0 Å². The van der Waals surface area contributed by atoms with Crippen molar-refractivity contribution in [3.63, 3.8) is 0 Å². The number of epoxide rings is 2. The second-order valence-corrected chi connectivity index (χ2v) is 8.36. The third-order valence-electron chi connectivity index (χ3n) is 6.09. The summed E-state index contributed by atoms with van der Waals surface area (Å²) in [4.78, 5) is 0. The second kappa shape index (κ2) is 10.2. The molecule has 0 aromatic heterocycles. The molecule has 0 spiro atoms. The number of fused-ring (bicyclic) bond motifs is 2. The fourth-order valence-corrected chi connectivity index (χ4v) is 4.29. The monoisotopic (exact) mass is 390 g/mol. The Labute approximate surface area is 168 Å². The molecule has 3 aliphatic heterocycles. The number of aliphatic hydroxyl groups is 1. The van der Waals surface area contributed by atoms with Crippen LogP contribution in [-0.4, -0.2) is 54.9 Å². The minimum Gasteiger partial charge on any atom is -0.390 e. The molecule has 1 aromatic carbocycles. The highest BCUT2D eigenvalue weighted by Gasteiger charge is 2.48. The van der Waals surface area contributed by atoms with Gasteiger partial charge in [-0.15, -0.1) is 0 Å². The summed E-state index contributed by atoms with van der Waals surface area (Å²) in [5.41, 5.74) is 1.25. The number of hydrogen-bond acceptors (Lipinski definition) is 5. The highest BCUT2D eigenvalue weighted by molar-refractivity contribution is 5.13. The van der Waals surface area contributed by atoms with E-state index in [2.05, 4.69) is 24.3 Å². The molecular weight excluding hydrogens is 356 g/mol. The Hall–Kier alpha value is -0.980. The summed E-state index contributed by atoms with van der Waals surface area (Å²) in [7, 11) is 0. The molecule has 1 aromatic rings. The van der Waals surface area contributed by atoms with Gasteiger partial charge in [-0.1, -0.05) is 30.3 Å². The number of ether oxygens (including phenoxy) is 4. The first-order valence-electron chi connectivity index (χ1n) is 11.0. The highest BCUT2D eigenvalue weighted by Crippen LogP contribution is 2.38. The van der Waals surface area contributed by atoms with Crippen LogP contribution in [0.15, 0.2) is 30.3 Å². The maximum atomic E-state index is 9.09. The van der Waals surface area contributed by atoms with Crippen molar-refractivity contribution in [3.05, 3.63) is 35.9 Å². The summed E-state index contributed by atoms with van der Waals surface area (Å²) >= 11 is 0. The van der Waals surface area contributed by atoms with Crippen LogP contribution in [0.1, 0.15) is 56.9 Å². The van der Waals surface area contributed by atoms with Gasteiger partial charge < -0.3 is 24.1 Å². The largest absolute Gasteiger partial charge is 0.390 e. The van der Waals surface area contributed by atoms with Crippen LogP contribution in [0.3, 0.4) is 0 Å². The van der Waals surface area contributed by atoms with E-state index >= 15 is 0 Å². The predicted molar refractivity (Wildman–Crippen MR) is 106 cm³/mol. The lowest BCUT2D eigenvalue weighted by Crippen LogP contribution is -2.25. The minimum absolute atomic E-state index is 0.145. The first-order valence-corrected chi connectivity index (χ1v) is 11.0. The van der Waals surface area contributed by atoms with E-state index < -0.39 is 0 Å². The van der Waals surface area contributed by atoms with Gasteiger partial charge in [-0.3, -0.25) is 0 Å². The number of rotatable bonds is 3. The van der Waals surface area contributed by atoms with Crippen LogP contribution in [0.2, 0.25) is 0 Å². The predicted octanol–water partition coefficient (Wildman–Crippen LogP) is 3.62. The number of benzene rings is 1. The maximum Gasteiger partial charge on any atom is 0.110 e. The average Bonchev–Trinajstić information content (AvgIpc) is 3.64. The Morgan fingerprint density at radius 3 is 2.14 bits per heavy atom. The van der Waals surface area contributed by atoms with Gasteiger partial charge in [0.15, 0.2) is 0 Å².